The Labute approximate surface area is 103 Å². The van der Waals surface area contributed by atoms with Gasteiger partial charge in [-0.15, -0.1) is 0 Å². The molecular weight excluding hydrogens is 242 g/mol. The highest BCUT2D eigenvalue weighted by molar-refractivity contribution is 8.15. The molecule has 1 saturated heterocycles. The van der Waals surface area contributed by atoms with Crippen LogP contribution in [-0.4, -0.2) is 27.4 Å². The van der Waals surface area contributed by atoms with Gasteiger partial charge in [-0.05, 0) is 19.3 Å². The molecule has 0 spiro atoms. The number of amides is 1. The molecule has 0 saturated carbocycles. The molecular formula is C10H13N3O3S. The molecule has 0 aromatic heterocycles. The van der Waals surface area contributed by atoms with Gasteiger partial charge >= 0.3 is 5.97 Å². The summed E-state index contributed by atoms with van der Waals surface area (Å²) in [6, 6.07) is 0. The number of nitrogens with one attached hydrogen (secondary N) is 2. The van der Waals surface area contributed by atoms with Gasteiger partial charge in [-0.1, -0.05) is 17.8 Å². The van der Waals surface area contributed by atoms with Crippen molar-refractivity contribution >= 4 is 28.8 Å². The number of thioether (sulfide) groups is 1. The Bertz CT molecular complexity index is 406. The Morgan fingerprint density at radius 1 is 1.65 bits per heavy atom. The van der Waals surface area contributed by atoms with E-state index in [0.29, 0.717) is 5.17 Å². The van der Waals surface area contributed by atoms with Gasteiger partial charge in [-0.2, -0.15) is 5.10 Å². The summed E-state index contributed by atoms with van der Waals surface area (Å²) < 4.78 is 0. The van der Waals surface area contributed by atoms with E-state index in [9.17, 15) is 9.59 Å². The van der Waals surface area contributed by atoms with Crippen molar-refractivity contribution in [3.8, 4) is 0 Å². The lowest BCUT2D eigenvalue weighted by Crippen LogP contribution is -2.40. The third kappa shape index (κ3) is 3.23. The average molecular weight is 255 g/mol. The van der Waals surface area contributed by atoms with Gasteiger partial charge in [0.25, 0.3) is 0 Å². The number of hydrogen-bond acceptors (Lipinski definition) is 5. The number of nitrogens with zero attached hydrogens (tertiary/aromatic N) is 1. The molecule has 1 aliphatic heterocycles. The maximum absolute atomic E-state index is 11.3. The fraction of sp³-hybridized carbons (Fsp3) is 0.500. The highest BCUT2D eigenvalue weighted by Gasteiger charge is 2.29. The molecule has 0 radical (unpaired) electrons. The predicted molar refractivity (Wildman–Crippen MR) is 64.3 cm³/mol. The van der Waals surface area contributed by atoms with Crippen LogP contribution in [0.15, 0.2) is 16.9 Å². The predicted octanol–water partition coefficient (Wildman–Crippen LogP) is 0.621. The van der Waals surface area contributed by atoms with E-state index in [0.717, 1.165) is 36.7 Å². The largest absolute Gasteiger partial charge is 0.480 e. The molecule has 0 aromatic carbocycles. The molecule has 1 amide bonds. The minimum Gasteiger partial charge on any atom is -0.480 e. The van der Waals surface area contributed by atoms with Crippen LogP contribution in [0.2, 0.25) is 0 Å². The first-order chi connectivity index (χ1) is 8.15. The number of aliphatic carboxylic acids is 1. The fourth-order valence-corrected chi connectivity index (χ4v) is 2.51. The summed E-state index contributed by atoms with van der Waals surface area (Å²) in [5.74, 6) is -1.30. The standard InChI is InChI=1S/C10H13N3O3S/c14-8-5-7(9(15)16)17-10(11-8)13-12-6-3-1-2-4-6/h3,7,12H,1-2,4-5H2,(H,15,16)(H,11,13,14). The van der Waals surface area contributed by atoms with Gasteiger partial charge < -0.3 is 10.4 Å². The van der Waals surface area contributed by atoms with Crippen molar-refractivity contribution in [1.29, 1.82) is 0 Å². The van der Waals surface area contributed by atoms with E-state index in [-0.39, 0.29) is 12.3 Å². The lowest BCUT2D eigenvalue weighted by molar-refractivity contribution is -0.138. The topological polar surface area (TPSA) is 90.8 Å². The fourth-order valence-electron chi connectivity index (χ4n) is 1.63. The Morgan fingerprint density at radius 3 is 3.12 bits per heavy atom. The molecule has 6 nitrogen and oxygen atoms in total. The van der Waals surface area contributed by atoms with Crippen molar-refractivity contribution < 1.29 is 14.7 Å². The van der Waals surface area contributed by atoms with Crippen molar-refractivity contribution in [2.45, 2.75) is 30.9 Å². The molecule has 1 atom stereocenters. The van der Waals surface area contributed by atoms with Gasteiger partial charge in [0.2, 0.25) is 5.91 Å². The molecule has 3 N–H and O–H groups in total. The average Bonchev–Trinajstić information content (AvgIpc) is 2.78. The van der Waals surface area contributed by atoms with E-state index in [2.05, 4.69) is 15.8 Å². The number of hydrogen-bond donors (Lipinski definition) is 3. The summed E-state index contributed by atoms with van der Waals surface area (Å²) in [5, 5.41) is 15.0. The van der Waals surface area contributed by atoms with Crippen LogP contribution in [0.25, 0.3) is 0 Å². The van der Waals surface area contributed by atoms with Crippen molar-refractivity contribution in [3.05, 3.63) is 11.8 Å². The molecule has 1 heterocycles. The first kappa shape index (κ1) is 12.0. The second-order valence-electron chi connectivity index (χ2n) is 3.85. The number of carboxylic acids is 1. The van der Waals surface area contributed by atoms with Crippen LogP contribution < -0.4 is 10.7 Å². The zero-order valence-electron chi connectivity index (χ0n) is 9.10. The van der Waals surface area contributed by atoms with Gasteiger partial charge in [0.15, 0.2) is 5.17 Å². The summed E-state index contributed by atoms with van der Waals surface area (Å²) in [7, 11) is 0. The van der Waals surface area contributed by atoms with Crippen molar-refractivity contribution in [1.82, 2.24) is 10.7 Å². The van der Waals surface area contributed by atoms with Crippen LogP contribution in [0.4, 0.5) is 0 Å². The lowest BCUT2D eigenvalue weighted by Gasteiger charge is -2.19. The lowest BCUT2D eigenvalue weighted by atomic mass is 10.3. The second-order valence-corrected chi connectivity index (χ2v) is 5.04. The number of hydrazone groups is 1. The van der Waals surface area contributed by atoms with E-state index in [1.165, 1.54) is 0 Å². The van der Waals surface area contributed by atoms with Crippen LogP contribution in [-0.2, 0) is 9.59 Å². The summed E-state index contributed by atoms with van der Waals surface area (Å²) in [6.45, 7) is 0. The number of allylic oxidation sites excluding steroid dienone is 2. The highest BCUT2D eigenvalue weighted by atomic mass is 32.2. The van der Waals surface area contributed by atoms with Crippen LogP contribution in [0, 0.1) is 0 Å². The second kappa shape index (κ2) is 5.22. The highest BCUT2D eigenvalue weighted by Crippen LogP contribution is 2.21. The number of carbonyl (C=O) groups excluding carboxylic acids is 1. The Morgan fingerprint density at radius 2 is 2.47 bits per heavy atom. The molecule has 2 rings (SSSR count). The molecule has 1 fully saturated rings. The van der Waals surface area contributed by atoms with E-state index in [1.54, 1.807) is 0 Å². The summed E-state index contributed by atoms with van der Waals surface area (Å²) in [4.78, 5) is 22.1. The van der Waals surface area contributed by atoms with Crippen LogP contribution in [0.3, 0.4) is 0 Å². The van der Waals surface area contributed by atoms with Gasteiger partial charge in [-0.3, -0.25) is 15.0 Å². The molecule has 7 heteroatoms. The molecule has 92 valence electrons. The zero-order chi connectivity index (χ0) is 12.3. The smallest absolute Gasteiger partial charge is 0.317 e. The quantitative estimate of drug-likeness (QED) is 0.643. The molecule has 0 bridgehead atoms. The molecule has 2 aliphatic rings. The maximum atomic E-state index is 11.3. The Kier molecular flexibility index (Phi) is 3.68. The van der Waals surface area contributed by atoms with Gasteiger partial charge in [-0.25, -0.2) is 0 Å². The van der Waals surface area contributed by atoms with Crippen LogP contribution in [0.5, 0.6) is 0 Å². The summed E-state index contributed by atoms with van der Waals surface area (Å²) in [6.07, 6.45) is 5.11. The zero-order valence-corrected chi connectivity index (χ0v) is 9.92. The number of carboxylic acid groups (broad SMARTS) is 1. The third-order valence-corrected chi connectivity index (χ3v) is 3.56. The normalized spacial score (nSPS) is 26.6. The van der Waals surface area contributed by atoms with Crippen LogP contribution in [0.1, 0.15) is 25.7 Å². The summed E-state index contributed by atoms with van der Waals surface area (Å²) in [5.41, 5.74) is 3.87. The van der Waals surface area contributed by atoms with E-state index in [1.807, 2.05) is 6.08 Å². The first-order valence-electron chi connectivity index (χ1n) is 5.37. The van der Waals surface area contributed by atoms with E-state index < -0.39 is 11.2 Å². The molecule has 0 aromatic rings. The number of rotatable bonds is 3. The van der Waals surface area contributed by atoms with Gasteiger partial charge in [0.05, 0.1) is 0 Å². The number of amidine groups is 1. The SMILES string of the molecule is O=C1CC(C(=O)O)S/C(=N/NC2=CCCC2)N1. The Hall–Kier alpha value is -1.50. The summed E-state index contributed by atoms with van der Waals surface area (Å²) >= 11 is 1.06. The van der Waals surface area contributed by atoms with Crippen LogP contribution >= 0.6 is 11.8 Å². The van der Waals surface area contributed by atoms with Crippen molar-refractivity contribution in [2.75, 3.05) is 0 Å². The van der Waals surface area contributed by atoms with E-state index >= 15 is 0 Å². The van der Waals surface area contributed by atoms with Gasteiger partial charge in [0, 0.05) is 12.1 Å². The maximum Gasteiger partial charge on any atom is 0.317 e. The Balaban J connectivity index is 1.97. The number of carbonyl (C=O) groups is 2. The first-order valence-corrected chi connectivity index (χ1v) is 6.25. The van der Waals surface area contributed by atoms with Crippen molar-refractivity contribution in [2.24, 2.45) is 5.10 Å². The monoisotopic (exact) mass is 255 g/mol. The minimum atomic E-state index is -0.988. The molecule has 17 heavy (non-hydrogen) atoms. The van der Waals surface area contributed by atoms with E-state index in [4.69, 9.17) is 5.11 Å². The van der Waals surface area contributed by atoms with Crippen molar-refractivity contribution in [3.63, 3.8) is 0 Å². The minimum absolute atomic E-state index is 0.0122. The molecule has 1 aliphatic carbocycles. The third-order valence-electron chi connectivity index (χ3n) is 2.49. The van der Waals surface area contributed by atoms with Gasteiger partial charge in [0.1, 0.15) is 5.25 Å². The molecule has 1 unspecified atom stereocenters.